The summed E-state index contributed by atoms with van der Waals surface area (Å²) in [4.78, 5) is 1.89. The molecule has 22 heavy (non-hydrogen) atoms. The molecule has 4 nitrogen and oxygen atoms in total. The molecule has 0 saturated carbocycles. The second-order valence-electron chi connectivity index (χ2n) is 7.55. The van der Waals surface area contributed by atoms with Gasteiger partial charge in [-0.25, -0.2) is 8.42 Å². The number of nitrogens with one attached hydrogen (secondary N) is 1. The van der Waals surface area contributed by atoms with Gasteiger partial charge in [0, 0.05) is 0 Å². The molecule has 5 heteroatoms. The van der Waals surface area contributed by atoms with E-state index in [1.807, 2.05) is 26.0 Å². The first-order valence-electron chi connectivity index (χ1n) is 7.96. The van der Waals surface area contributed by atoms with Crippen molar-refractivity contribution in [3.05, 3.63) is 28.8 Å². The van der Waals surface area contributed by atoms with E-state index in [4.69, 9.17) is 0 Å². The van der Waals surface area contributed by atoms with Crippen LogP contribution in [0.3, 0.4) is 0 Å². The zero-order valence-corrected chi connectivity index (χ0v) is 15.5. The minimum absolute atomic E-state index is 0.0228. The van der Waals surface area contributed by atoms with Crippen LogP contribution in [0.4, 0.5) is 0 Å². The number of hydrogen-bond donors (Lipinski definition) is 1. The number of quaternary nitrogens is 1. The fourth-order valence-electron chi connectivity index (χ4n) is 3.03. The summed E-state index contributed by atoms with van der Waals surface area (Å²) in [5, 5.41) is 0. The van der Waals surface area contributed by atoms with Gasteiger partial charge in [0.1, 0.15) is 0 Å². The highest BCUT2D eigenvalue weighted by atomic mass is 32.2. The van der Waals surface area contributed by atoms with Crippen molar-refractivity contribution >= 4 is 10.0 Å². The second-order valence-corrected chi connectivity index (χ2v) is 9.43. The van der Waals surface area contributed by atoms with E-state index in [0.29, 0.717) is 18.0 Å². The molecule has 0 radical (unpaired) electrons. The molecule has 0 aliphatic carbocycles. The van der Waals surface area contributed by atoms with Gasteiger partial charge < -0.3 is 4.90 Å². The lowest BCUT2D eigenvalue weighted by Crippen LogP contribution is -3.12. The van der Waals surface area contributed by atoms with Crippen LogP contribution in [0.25, 0.3) is 0 Å². The zero-order valence-electron chi connectivity index (χ0n) is 14.7. The fourth-order valence-corrected chi connectivity index (χ4v) is 4.88. The first kappa shape index (κ1) is 17.4. The van der Waals surface area contributed by atoms with E-state index in [0.717, 1.165) is 24.2 Å². The Hall–Kier alpha value is -0.910. The van der Waals surface area contributed by atoms with E-state index in [1.165, 1.54) is 10.5 Å². The lowest BCUT2D eigenvalue weighted by Gasteiger charge is -2.30. The number of aryl methyl sites for hydroxylation is 2. The third-order valence-corrected chi connectivity index (χ3v) is 6.71. The average Bonchev–Trinajstić information content (AvgIpc) is 2.36. The van der Waals surface area contributed by atoms with Crippen LogP contribution in [0.1, 0.15) is 37.5 Å². The van der Waals surface area contributed by atoms with E-state index in [1.54, 1.807) is 4.31 Å². The summed E-state index contributed by atoms with van der Waals surface area (Å²) in [6.45, 7) is 13.2. The summed E-state index contributed by atoms with van der Waals surface area (Å²) < 4.78 is 27.7. The van der Waals surface area contributed by atoms with Gasteiger partial charge in [-0.05, 0) is 36.0 Å². The summed E-state index contributed by atoms with van der Waals surface area (Å²) in [6, 6.07) is 4.06. The topological polar surface area (TPSA) is 41.8 Å². The molecule has 1 saturated heterocycles. The number of rotatable bonds is 2. The standard InChI is InChI=1S/C17H28N2O2S/c1-13-11-15(17(3,4)5)12-14(2)16(13)22(20,21)19-9-7-18(6)8-10-19/h11-12H,7-10H2,1-6H3/p+1. The molecule has 1 aromatic rings. The van der Waals surface area contributed by atoms with Crippen molar-refractivity contribution in [2.75, 3.05) is 33.2 Å². The number of nitrogens with zero attached hydrogens (tertiary/aromatic N) is 1. The van der Waals surface area contributed by atoms with Crippen LogP contribution >= 0.6 is 0 Å². The molecule has 0 spiro atoms. The minimum atomic E-state index is -3.39. The molecule has 1 heterocycles. The number of likely N-dealkylation sites (N-methyl/N-ethyl adjacent to an activating group) is 1. The van der Waals surface area contributed by atoms with Gasteiger partial charge in [-0.2, -0.15) is 4.31 Å². The van der Waals surface area contributed by atoms with Crippen molar-refractivity contribution in [1.29, 1.82) is 0 Å². The molecule has 0 bridgehead atoms. The molecule has 0 amide bonds. The predicted molar refractivity (Wildman–Crippen MR) is 90.0 cm³/mol. The maximum Gasteiger partial charge on any atom is 0.244 e. The molecular formula is C17H29N2O2S+. The maximum atomic E-state index is 13.0. The molecule has 2 rings (SSSR count). The number of benzene rings is 1. The van der Waals surface area contributed by atoms with E-state index in [2.05, 4.69) is 27.8 Å². The van der Waals surface area contributed by atoms with Gasteiger partial charge in [0.25, 0.3) is 0 Å². The quantitative estimate of drug-likeness (QED) is 0.885. The van der Waals surface area contributed by atoms with Gasteiger partial charge in [-0.1, -0.05) is 32.9 Å². The molecule has 124 valence electrons. The summed E-state index contributed by atoms with van der Waals surface area (Å²) in [7, 11) is -1.28. The van der Waals surface area contributed by atoms with Crippen molar-refractivity contribution in [3.8, 4) is 0 Å². The predicted octanol–water partition coefficient (Wildman–Crippen LogP) is 1.12. The highest BCUT2D eigenvalue weighted by Gasteiger charge is 2.32. The number of piperazine rings is 1. The largest absolute Gasteiger partial charge is 0.335 e. The van der Waals surface area contributed by atoms with Crippen molar-refractivity contribution in [3.63, 3.8) is 0 Å². The maximum absolute atomic E-state index is 13.0. The van der Waals surface area contributed by atoms with Crippen molar-refractivity contribution < 1.29 is 13.3 Å². The van der Waals surface area contributed by atoms with Crippen LogP contribution in [0.2, 0.25) is 0 Å². The molecule has 1 aromatic carbocycles. The Morgan fingerprint density at radius 3 is 1.91 bits per heavy atom. The number of hydrogen-bond acceptors (Lipinski definition) is 2. The van der Waals surface area contributed by atoms with E-state index >= 15 is 0 Å². The molecule has 1 fully saturated rings. The summed E-state index contributed by atoms with van der Waals surface area (Å²) in [5.74, 6) is 0. The monoisotopic (exact) mass is 325 g/mol. The van der Waals surface area contributed by atoms with Gasteiger partial charge in [-0.15, -0.1) is 0 Å². The Morgan fingerprint density at radius 1 is 1.05 bits per heavy atom. The second kappa shape index (κ2) is 5.95. The normalized spacial score (nSPS) is 18.6. The lowest BCUT2D eigenvalue weighted by molar-refractivity contribution is -0.883. The van der Waals surface area contributed by atoms with Crippen LogP contribution in [-0.4, -0.2) is 45.9 Å². The molecule has 1 aliphatic heterocycles. The smallest absolute Gasteiger partial charge is 0.244 e. The van der Waals surface area contributed by atoms with Crippen LogP contribution in [0, 0.1) is 13.8 Å². The van der Waals surface area contributed by atoms with Crippen LogP contribution in [-0.2, 0) is 15.4 Å². The van der Waals surface area contributed by atoms with Crippen molar-refractivity contribution in [2.45, 2.75) is 44.9 Å². The van der Waals surface area contributed by atoms with E-state index < -0.39 is 10.0 Å². The molecule has 0 atom stereocenters. The van der Waals surface area contributed by atoms with Crippen molar-refractivity contribution in [1.82, 2.24) is 4.31 Å². The third-order valence-electron chi connectivity index (χ3n) is 4.50. The highest BCUT2D eigenvalue weighted by molar-refractivity contribution is 7.89. The summed E-state index contributed by atoms with van der Waals surface area (Å²) >= 11 is 0. The lowest BCUT2D eigenvalue weighted by atomic mass is 9.85. The van der Waals surface area contributed by atoms with Crippen LogP contribution < -0.4 is 4.90 Å². The van der Waals surface area contributed by atoms with Crippen LogP contribution in [0.15, 0.2) is 17.0 Å². The minimum Gasteiger partial charge on any atom is -0.335 e. The van der Waals surface area contributed by atoms with Gasteiger partial charge in [-0.3, -0.25) is 0 Å². The van der Waals surface area contributed by atoms with E-state index in [9.17, 15) is 8.42 Å². The Balaban J connectivity index is 2.44. The third kappa shape index (κ3) is 3.36. The van der Waals surface area contributed by atoms with E-state index in [-0.39, 0.29) is 5.41 Å². The summed E-state index contributed by atoms with van der Waals surface area (Å²) in [6.07, 6.45) is 0. The SMILES string of the molecule is Cc1cc(C(C)(C)C)cc(C)c1S(=O)(=O)N1CC[NH+](C)CC1. The van der Waals surface area contributed by atoms with Gasteiger partial charge >= 0.3 is 0 Å². The zero-order chi connectivity index (χ0) is 16.7. The Labute approximate surface area is 135 Å². The Kier molecular flexibility index (Phi) is 4.71. The first-order valence-corrected chi connectivity index (χ1v) is 9.40. The number of sulfonamides is 1. The average molecular weight is 325 g/mol. The first-order chi connectivity index (χ1) is 10.0. The molecule has 1 aliphatic rings. The van der Waals surface area contributed by atoms with Crippen molar-refractivity contribution in [2.24, 2.45) is 0 Å². The highest BCUT2D eigenvalue weighted by Crippen LogP contribution is 2.30. The summed E-state index contributed by atoms with van der Waals surface area (Å²) in [5.41, 5.74) is 2.92. The van der Waals surface area contributed by atoms with Gasteiger partial charge in [0.05, 0.1) is 38.1 Å². The molecular weight excluding hydrogens is 296 g/mol. The van der Waals surface area contributed by atoms with Gasteiger partial charge in [0.2, 0.25) is 10.0 Å². The van der Waals surface area contributed by atoms with Gasteiger partial charge in [0.15, 0.2) is 0 Å². The molecule has 1 N–H and O–H groups in total. The Morgan fingerprint density at radius 2 is 1.50 bits per heavy atom. The van der Waals surface area contributed by atoms with Crippen LogP contribution in [0.5, 0.6) is 0 Å². The molecule has 0 unspecified atom stereocenters. The fraction of sp³-hybridized carbons (Fsp3) is 0.647. The molecule has 0 aromatic heterocycles. The Bertz CT molecular complexity index is 629.